The number of ether oxygens (including phenoxy) is 2. The van der Waals surface area contributed by atoms with E-state index in [4.69, 9.17) is 16.0 Å². The fraction of sp³-hybridized carbons (Fsp3) is 0.600. The van der Waals surface area contributed by atoms with Crippen LogP contribution in [-0.4, -0.2) is 36.7 Å². The number of allylic oxidation sites excluding steroid dienone is 5. The smallest absolute Gasteiger partial charge is 0.336 e. The molecule has 0 spiro atoms. The number of hydrogen-bond acceptors (Lipinski definition) is 4. The first-order chi connectivity index (χ1) is 12.1. The van der Waals surface area contributed by atoms with Gasteiger partial charge in [0.05, 0.1) is 13.2 Å². The summed E-state index contributed by atoms with van der Waals surface area (Å²) in [6.07, 6.45) is 10.1. The highest BCUT2D eigenvalue weighted by molar-refractivity contribution is 5.92. The summed E-state index contributed by atoms with van der Waals surface area (Å²) in [5.74, 6) is -0.580. The zero-order valence-electron chi connectivity index (χ0n) is 15.5. The van der Waals surface area contributed by atoms with Gasteiger partial charge in [-0.15, -0.1) is 0 Å². The second kappa shape index (κ2) is 9.43. The van der Waals surface area contributed by atoms with Crippen LogP contribution in [0.1, 0.15) is 52.9 Å². The van der Waals surface area contributed by atoms with Crippen LogP contribution in [-0.2, 0) is 14.3 Å². The molecule has 1 saturated carbocycles. The summed E-state index contributed by atoms with van der Waals surface area (Å²) in [6, 6.07) is 0.525. The van der Waals surface area contributed by atoms with Crippen LogP contribution < -0.4 is 0 Å². The van der Waals surface area contributed by atoms with Gasteiger partial charge < -0.3 is 14.4 Å². The molecule has 1 heterocycles. The number of esters is 1. The minimum atomic E-state index is -0.580. The summed E-state index contributed by atoms with van der Waals surface area (Å²) < 4.78 is 10.3. The second-order valence-electron chi connectivity index (χ2n) is 6.48. The SMILES string of the molecule is [C-]#[N+]C(C(=O)OCCOCC)=C1C=C(C)N(C2CCCCC2)C(C)=C1. The van der Waals surface area contributed by atoms with Gasteiger partial charge in [-0.25, -0.2) is 4.85 Å². The molecule has 0 radical (unpaired) electrons. The fourth-order valence-corrected chi connectivity index (χ4v) is 3.59. The van der Waals surface area contributed by atoms with E-state index in [-0.39, 0.29) is 12.3 Å². The van der Waals surface area contributed by atoms with Gasteiger partial charge >= 0.3 is 5.97 Å². The van der Waals surface area contributed by atoms with Gasteiger partial charge in [-0.05, 0) is 51.3 Å². The van der Waals surface area contributed by atoms with E-state index in [1.54, 1.807) is 0 Å². The van der Waals surface area contributed by atoms with Crippen molar-refractivity contribution in [1.82, 2.24) is 4.90 Å². The zero-order chi connectivity index (χ0) is 18.2. The Labute approximate surface area is 150 Å². The van der Waals surface area contributed by atoms with Gasteiger partial charge in [0.15, 0.2) is 0 Å². The first-order valence-corrected chi connectivity index (χ1v) is 9.11. The molecule has 5 nitrogen and oxygen atoms in total. The van der Waals surface area contributed by atoms with E-state index in [2.05, 4.69) is 9.74 Å². The predicted octanol–water partition coefficient (Wildman–Crippen LogP) is 4.20. The van der Waals surface area contributed by atoms with Crippen LogP contribution in [0.25, 0.3) is 4.85 Å². The third-order valence-corrected chi connectivity index (χ3v) is 4.67. The van der Waals surface area contributed by atoms with Crippen molar-refractivity contribution in [3.63, 3.8) is 0 Å². The van der Waals surface area contributed by atoms with E-state index in [0.29, 0.717) is 24.8 Å². The summed E-state index contributed by atoms with van der Waals surface area (Å²) >= 11 is 0. The number of hydrogen-bond donors (Lipinski definition) is 0. The number of nitrogens with zero attached hydrogens (tertiary/aromatic N) is 2. The number of carbonyl (C=O) groups is 1. The van der Waals surface area contributed by atoms with Gasteiger partial charge in [0.25, 0.3) is 5.70 Å². The molecule has 0 N–H and O–H groups in total. The Morgan fingerprint density at radius 3 is 2.40 bits per heavy atom. The molecular formula is C20H28N2O3. The van der Waals surface area contributed by atoms with Gasteiger partial charge in [-0.3, -0.25) is 4.79 Å². The number of carbonyl (C=O) groups excluding carboxylic acids is 1. The lowest BCUT2D eigenvalue weighted by molar-refractivity contribution is -0.140. The molecule has 1 aliphatic carbocycles. The van der Waals surface area contributed by atoms with Crippen LogP contribution in [0, 0.1) is 6.57 Å². The molecule has 0 bridgehead atoms. The molecule has 0 aromatic carbocycles. The third kappa shape index (κ3) is 4.96. The first kappa shape index (κ1) is 19.3. The highest BCUT2D eigenvalue weighted by atomic mass is 16.6. The monoisotopic (exact) mass is 344 g/mol. The van der Waals surface area contributed by atoms with Gasteiger partial charge in [-0.2, -0.15) is 0 Å². The fourth-order valence-electron chi connectivity index (χ4n) is 3.59. The molecule has 2 aliphatic rings. The molecule has 25 heavy (non-hydrogen) atoms. The molecule has 1 fully saturated rings. The molecule has 0 unspecified atom stereocenters. The van der Waals surface area contributed by atoms with Crippen molar-refractivity contribution in [3.8, 4) is 0 Å². The molecular weight excluding hydrogens is 316 g/mol. The van der Waals surface area contributed by atoms with Crippen LogP contribution >= 0.6 is 0 Å². The predicted molar refractivity (Wildman–Crippen MR) is 97.3 cm³/mol. The molecule has 136 valence electrons. The Bertz CT molecular complexity index is 597. The maximum absolute atomic E-state index is 12.2. The first-order valence-electron chi connectivity index (χ1n) is 9.11. The largest absolute Gasteiger partial charge is 0.468 e. The Morgan fingerprint density at radius 1 is 1.20 bits per heavy atom. The van der Waals surface area contributed by atoms with Gasteiger partial charge in [0, 0.05) is 24.0 Å². The van der Waals surface area contributed by atoms with Crippen molar-refractivity contribution in [3.05, 3.63) is 46.2 Å². The molecule has 0 atom stereocenters. The summed E-state index contributed by atoms with van der Waals surface area (Å²) in [5, 5.41) is 0. The highest BCUT2D eigenvalue weighted by Gasteiger charge is 2.26. The molecule has 2 rings (SSSR count). The molecule has 5 heteroatoms. The van der Waals surface area contributed by atoms with Crippen molar-refractivity contribution in [2.24, 2.45) is 0 Å². The topological polar surface area (TPSA) is 43.1 Å². The van der Waals surface area contributed by atoms with Crippen molar-refractivity contribution >= 4 is 5.97 Å². The summed E-state index contributed by atoms with van der Waals surface area (Å²) in [5.41, 5.74) is 2.85. The molecule has 0 aromatic rings. The van der Waals surface area contributed by atoms with Crippen molar-refractivity contribution in [2.45, 2.75) is 58.9 Å². The van der Waals surface area contributed by atoms with Crippen molar-refractivity contribution in [1.29, 1.82) is 0 Å². The average molecular weight is 344 g/mol. The highest BCUT2D eigenvalue weighted by Crippen LogP contribution is 2.33. The van der Waals surface area contributed by atoms with E-state index in [1.165, 1.54) is 32.1 Å². The molecule has 0 amide bonds. The lowest BCUT2D eigenvalue weighted by atomic mass is 9.92. The lowest BCUT2D eigenvalue weighted by Gasteiger charge is -2.39. The Balaban J connectivity index is 2.14. The maximum Gasteiger partial charge on any atom is 0.336 e. The van der Waals surface area contributed by atoms with Crippen LogP contribution in [0.2, 0.25) is 0 Å². The van der Waals surface area contributed by atoms with Gasteiger partial charge in [0.1, 0.15) is 6.61 Å². The molecule has 1 aliphatic heterocycles. The van der Waals surface area contributed by atoms with Gasteiger partial charge in [0.2, 0.25) is 0 Å². The minimum absolute atomic E-state index is 0.0403. The summed E-state index contributed by atoms with van der Waals surface area (Å²) in [7, 11) is 0. The van der Waals surface area contributed by atoms with E-state index < -0.39 is 5.97 Å². The van der Waals surface area contributed by atoms with Crippen LogP contribution in [0.5, 0.6) is 0 Å². The third-order valence-electron chi connectivity index (χ3n) is 4.67. The lowest BCUT2D eigenvalue weighted by Crippen LogP contribution is -2.35. The Hall–Kier alpha value is -2.06. The standard InChI is InChI=1S/C20H28N2O3/c1-5-24-11-12-25-20(23)19(21-4)17-13-15(2)22(16(3)14-17)18-9-7-6-8-10-18/h13-14,18H,5-12H2,1-3H3. The van der Waals surface area contributed by atoms with E-state index in [1.807, 2.05) is 32.9 Å². The second-order valence-corrected chi connectivity index (χ2v) is 6.48. The normalized spacial score (nSPS) is 18.3. The van der Waals surface area contributed by atoms with E-state index >= 15 is 0 Å². The van der Waals surface area contributed by atoms with Crippen molar-refractivity contribution < 1.29 is 14.3 Å². The molecule has 0 aromatic heterocycles. The van der Waals surface area contributed by atoms with Gasteiger partial charge in [-0.1, -0.05) is 19.3 Å². The summed E-state index contributed by atoms with van der Waals surface area (Å²) in [4.78, 5) is 18.0. The Morgan fingerprint density at radius 2 is 1.84 bits per heavy atom. The average Bonchev–Trinajstić information content (AvgIpc) is 2.60. The maximum atomic E-state index is 12.2. The molecule has 0 saturated heterocycles. The van der Waals surface area contributed by atoms with E-state index in [0.717, 1.165) is 11.4 Å². The van der Waals surface area contributed by atoms with Crippen LogP contribution in [0.4, 0.5) is 0 Å². The van der Waals surface area contributed by atoms with Crippen LogP contribution in [0.15, 0.2) is 34.8 Å². The van der Waals surface area contributed by atoms with E-state index in [9.17, 15) is 4.79 Å². The zero-order valence-corrected chi connectivity index (χ0v) is 15.5. The van der Waals surface area contributed by atoms with Crippen LogP contribution in [0.3, 0.4) is 0 Å². The number of rotatable bonds is 6. The quantitative estimate of drug-likeness (QED) is 0.313. The minimum Gasteiger partial charge on any atom is -0.468 e. The summed E-state index contributed by atoms with van der Waals surface area (Å²) in [6.45, 7) is 14.5. The van der Waals surface area contributed by atoms with Crippen molar-refractivity contribution in [2.75, 3.05) is 19.8 Å². The Kier molecular flexibility index (Phi) is 7.27.